The molecule has 0 aliphatic carbocycles. The Bertz CT molecular complexity index is 553. The van der Waals surface area contributed by atoms with Crippen LogP contribution in [0.2, 0.25) is 0 Å². The Balaban J connectivity index is 2.47. The molecule has 22 heavy (non-hydrogen) atoms. The number of ether oxygens (including phenoxy) is 1. The average molecular weight is 372 g/mol. The van der Waals surface area contributed by atoms with E-state index < -0.39 is 17.6 Å². The van der Waals surface area contributed by atoms with Gasteiger partial charge in [-0.3, -0.25) is 4.57 Å². The van der Waals surface area contributed by atoms with Crippen LogP contribution in [0.3, 0.4) is 0 Å². The quantitative estimate of drug-likeness (QED) is 0.448. The van der Waals surface area contributed by atoms with Gasteiger partial charge >= 0.3 is 7.60 Å². The number of sulfonamides is 1. The van der Waals surface area contributed by atoms with Crippen molar-refractivity contribution in [3.8, 4) is 0 Å². The smallest absolute Gasteiger partial charge is 0.356 e. The van der Waals surface area contributed by atoms with E-state index in [-0.39, 0.29) is 26.2 Å². The highest BCUT2D eigenvalue weighted by molar-refractivity contribution is 8.14. The summed E-state index contributed by atoms with van der Waals surface area (Å²) in [4.78, 5) is 1.65. The van der Waals surface area contributed by atoms with Crippen molar-refractivity contribution in [1.82, 2.24) is 4.90 Å². The fourth-order valence-corrected chi connectivity index (χ4v) is 4.62. The summed E-state index contributed by atoms with van der Waals surface area (Å²) >= 11 is 1.22. The number of thioether (sulfide) groups is 1. The van der Waals surface area contributed by atoms with Crippen LogP contribution in [-0.2, 0) is 28.4 Å². The summed E-state index contributed by atoms with van der Waals surface area (Å²) in [5.74, 6) is 0. The summed E-state index contributed by atoms with van der Waals surface area (Å²) < 4.78 is 54.1. The molecule has 0 aromatic heterocycles. The maximum Gasteiger partial charge on any atom is 0.356 e. The van der Waals surface area contributed by atoms with Gasteiger partial charge in [0.25, 0.3) is 10.0 Å². The highest BCUT2D eigenvalue weighted by Crippen LogP contribution is 2.47. The van der Waals surface area contributed by atoms with Crippen molar-refractivity contribution >= 4 is 34.5 Å². The van der Waals surface area contributed by atoms with E-state index in [4.69, 9.17) is 13.8 Å². The SMILES string of the molecule is CCOP(=O)(COCCN1C=CS(=O)(=O)N=C1SC)OCC. The minimum absolute atomic E-state index is 0.143. The van der Waals surface area contributed by atoms with Crippen LogP contribution in [0.15, 0.2) is 16.0 Å². The second kappa shape index (κ2) is 9.05. The van der Waals surface area contributed by atoms with Gasteiger partial charge in [-0.25, -0.2) is 0 Å². The van der Waals surface area contributed by atoms with Gasteiger partial charge in [0.2, 0.25) is 0 Å². The van der Waals surface area contributed by atoms with Crippen molar-refractivity contribution in [3.05, 3.63) is 11.6 Å². The lowest BCUT2D eigenvalue weighted by atomic mass is 10.6. The molecule has 0 spiro atoms. The molecule has 0 aromatic carbocycles. The van der Waals surface area contributed by atoms with Crippen molar-refractivity contribution in [2.75, 3.05) is 39.0 Å². The third-order valence-electron chi connectivity index (χ3n) is 2.42. The van der Waals surface area contributed by atoms with Gasteiger partial charge in [-0.05, 0) is 20.1 Å². The van der Waals surface area contributed by atoms with Crippen LogP contribution in [0, 0.1) is 0 Å². The number of rotatable bonds is 9. The first-order valence-corrected chi connectivity index (χ1v) is 11.1. The number of hydrogen-bond donors (Lipinski definition) is 0. The Kier molecular flexibility index (Phi) is 8.09. The van der Waals surface area contributed by atoms with E-state index in [1.165, 1.54) is 18.0 Å². The van der Waals surface area contributed by atoms with Crippen molar-refractivity contribution in [1.29, 1.82) is 0 Å². The van der Waals surface area contributed by atoms with E-state index in [2.05, 4.69) is 4.40 Å². The second-order valence-electron chi connectivity index (χ2n) is 4.06. The summed E-state index contributed by atoms with van der Waals surface area (Å²) in [5.41, 5.74) is 0. The zero-order valence-corrected chi connectivity index (χ0v) is 15.3. The minimum atomic E-state index is -3.53. The molecule has 0 N–H and O–H groups in total. The molecular formula is C11H21N2O6PS2. The van der Waals surface area contributed by atoms with Gasteiger partial charge in [0, 0.05) is 12.7 Å². The molecule has 0 radical (unpaired) electrons. The summed E-state index contributed by atoms with van der Waals surface area (Å²) in [7, 11) is -6.75. The predicted molar refractivity (Wildman–Crippen MR) is 87.4 cm³/mol. The van der Waals surface area contributed by atoms with E-state index in [1.54, 1.807) is 25.0 Å². The molecule has 11 heteroatoms. The van der Waals surface area contributed by atoms with Crippen molar-refractivity contribution in [2.24, 2.45) is 4.40 Å². The third-order valence-corrected chi connectivity index (χ3v) is 5.93. The van der Waals surface area contributed by atoms with Crippen LogP contribution in [0.1, 0.15) is 13.8 Å². The molecule has 0 saturated carbocycles. The van der Waals surface area contributed by atoms with Crippen LogP contribution in [0.25, 0.3) is 0 Å². The monoisotopic (exact) mass is 372 g/mol. The fraction of sp³-hybridized carbons (Fsp3) is 0.727. The van der Waals surface area contributed by atoms with Crippen molar-refractivity contribution < 1.29 is 26.8 Å². The molecular weight excluding hydrogens is 351 g/mol. The molecule has 128 valence electrons. The summed E-state index contributed by atoms with van der Waals surface area (Å²) in [6.07, 6.45) is 3.03. The number of amidine groups is 1. The minimum Gasteiger partial charge on any atom is -0.367 e. The first-order chi connectivity index (χ1) is 10.4. The molecule has 8 nitrogen and oxygen atoms in total. The maximum atomic E-state index is 12.2. The molecule has 1 rings (SSSR count). The molecule has 0 bridgehead atoms. The molecule has 0 aromatic rings. The Morgan fingerprint density at radius 1 is 1.32 bits per heavy atom. The van der Waals surface area contributed by atoms with E-state index in [9.17, 15) is 13.0 Å². The molecule has 1 aliphatic heterocycles. The van der Waals surface area contributed by atoms with Crippen LogP contribution < -0.4 is 0 Å². The van der Waals surface area contributed by atoms with Crippen LogP contribution >= 0.6 is 19.4 Å². The standard InChI is InChI=1S/C11H21N2O6PS2/c1-4-18-20(14,19-5-2)10-17-8-6-13-7-9-22(15,16)12-11(13)21-3/h7,9H,4-6,8,10H2,1-3H3. The Morgan fingerprint density at radius 3 is 2.50 bits per heavy atom. The molecule has 1 heterocycles. The molecule has 0 saturated heterocycles. The molecule has 1 aliphatic rings. The maximum absolute atomic E-state index is 12.2. The first kappa shape index (κ1) is 19.7. The third kappa shape index (κ3) is 6.39. The van der Waals surface area contributed by atoms with Gasteiger partial charge in [0.1, 0.15) is 6.35 Å². The Hall–Kier alpha value is -0.380. The highest BCUT2D eigenvalue weighted by Gasteiger charge is 2.24. The van der Waals surface area contributed by atoms with Crippen molar-refractivity contribution in [3.63, 3.8) is 0 Å². The van der Waals surface area contributed by atoms with E-state index >= 15 is 0 Å². The topological polar surface area (TPSA) is 94.5 Å². The fourth-order valence-electron chi connectivity index (χ4n) is 1.57. The second-order valence-corrected chi connectivity index (χ2v) is 8.31. The summed E-state index contributed by atoms with van der Waals surface area (Å²) in [6.45, 7) is 4.61. The highest BCUT2D eigenvalue weighted by atomic mass is 32.2. The average Bonchev–Trinajstić information content (AvgIpc) is 2.44. The van der Waals surface area contributed by atoms with Crippen LogP contribution in [0.4, 0.5) is 0 Å². The van der Waals surface area contributed by atoms with E-state index in [1.807, 2.05) is 0 Å². The van der Waals surface area contributed by atoms with E-state index in [0.717, 1.165) is 5.41 Å². The van der Waals surface area contributed by atoms with E-state index in [0.29, 0.717) is 11.7 Å². The predicted octanol–water partition coefficient (Wildman–Crippen LogP) is 2.06. The molecule has 0 amide bonds. The van der Waals surface area contributed by atoms with Gasteiger partial charge in [0.05, 0.1) is 25.2 Å². The van der Waals surface area contributed by atoms with Gasteiger partial charge in [0.15, 0.2) is 5.17 Å². The molecule has 0 unspecified atom stereocenters. The Labute approximate surface area is 135 Å². The molecule has 0 atom stereocenters. The first-order valence-electron chi connectivity index (χ1n) is 6.65. The van der Waals surface area contributed by atoms with Gasteiger partial charge in [-0.15, -0.1) is 4.40 Å². The zero-order valence-electron chi connectivity index (χ0n) is 12.8. The number of hydrogen-bond acceptors (Lipinski definition) is 8. The Morgan fingerprint density at radius 2 is 1.95 bits per heavy atom. The van der Waals surface area contributed by atoms with Gasteiger partial charge in [-0.1, -0.05) is 11.8 Å². The van der Waals surface area contributed by atoms with Gasteiger partial charge < -0.3 is 18.7 Å². The lowest BCUT2D eigenvalue weighted by Crippen LogP contribution is -2.30. The lowest BCUT2D eigenvalue weighted by Gasteiger charge is -2.23. The molecule has 0 fully saturated rings. The van der Waals surface area contributed by atoms with Crippen LogP contribution in [-0.4, -0.2) is 57.5 Å². The normalized spacial score (nSPS) is 17.6. The number of nitrogens with zero attached hydrogens (tertiary/aromatic N) is 2. The zero-order chi connectivity index (χ0) is 16.6. The summed E-state index contributed by atoms with van der Waals surface area (Å²) in [5, 5.41) is 1.39. The van der Waals surface area contributed by atoms with Crippen LogP contribution in [0.5, 0.6) is 0 Å². The van der Waals surface area contributed by atoms with Gasteiger partial charge in [-0.2, -0.15) is 8.42 Å². The largest absolute Gasteiger partial charge is 0.367 e. The lowest BCUT2D eigenvalue weighted by molar-refractivity contribution is 0.127. The summed E-state index contributed by atoms with van der Waals surface area (Å²) in [6, 6.07) is 0. The van der Waals surface area contributed by atoms with Crippen molar-refractivity contribution in [2.45, 2.75) is 13.8 Å².